The van der Waals surface area contributed by atoms with Crippen molar-refractivity contribution in [1.29, 1.82) is 0 Å². The number of rotatable bonds is 4. The smallest absolute Gasteiger partial charge is 0.258 e. The number of nitrogens with one attached hydrogen (secondary N) is 1. The van der Waals surface area contributed by atoms with E-state index in [1.807, 2.05) is 6.92 Å². The molecule has 1 aromatic rings. The van der Waals surface area contributed by atoms with Crippen LogP contribution in [-0.2, 0) is 14.4 Å². The number of nitrogens with two attached hydrogens (primary N) is 1. The van der Waals surface area contributed by atoms with Crippen molar-refractivity contribution in [3.63, 3.8) is 0 Å². The topological polar surface area (TPSA) is 194 Å². The van der Waals surface area contributed by atoms with Gasteiger partial charge in [0.2, 0.25) is 5.78 Å². The van der Waals surface area contributed by atoms with Crippen molar-refractivity contribution in [2.75, 3.05) is 14.1 Å². The minimum atomic E-state index is -2.93. The molecule has 0 saturated heterocycles. The van der Waals surface area contributed by atoms with Gasteiger partial charge in [-0.3, -0.25) is 19.3 Å². The molecule has 11 heteroatoms. The van der Waals surface area contributed by atoms with Gasteiger partial charge in [0.05, 0.1) is 23.6 Å². The number of phenolic OH excluding ortho intramolecular Hbond substituents is 1. The molecule has 0 aliphatic heterocycles. The summed E-state index contributed by atoms with van der Waals surface area (Å²) in [6, 6.07) is 1.85. The maximum Gasteiger partial charge on any atom is 0.258 e. The normalized spacial score (nSPS) is 33.4. The second kappa shape index (κ2) is 9.69. The van der Waals surface area contributed by atoms with Gasteiger partial charge in [-0.15, -0.1) is 0 Å². The van der Waals surface area contributed by atoms with Crippen LogP contribution in [0.4, 0.5) is 0 Å². The zero-order valence-electron chi connectivity index (χ0n) is 22.8. The van der Waals surface area contributed by atoms with Crippen molar-refractivity contribution in [2.24, 2.45) is 17.6 Å². The van der Waals surface area contributed by atoms with Crippen molar-refractivity contribution in [2.45, 2.75) is 74.8 Å². The molecule has 0 unspecified atom stereocenters. The van der Waals surface area contributed by atoms with E-state index < -0.39 is 81.3 Å². The minimum absolute atomic E-state index is 0.122. The highest BCUT2D eigenvalue weighted by molar-refractivity contribution is 6.25. The Morgan fingerprint density at radius 2 is 1.77 bits per heavy atom. The number of benzene rings is 1. The first kappa shape index (κ1) is 28.3. The van der Waals surface area contributed by atoms with E-state index in [-0.39, 0.29) is 16.9 Å². The van der Waals surface area contributed by atoms with Gasteiger partial charge in [0, 0.05) is 23.1 Å². The maximum atomic E-state index is 14.1. The highest BCUT2D eigenvalue weighted by Crippen LogP contribution is 2.55. The van der Waals surface area contributed by atoms with Gasteiger partial charge in [0.1, 0.15) is 22.8 Å². The molecule has 6 atom stereocenters. The van der Waals surface area contributed by atoms with Crippen LogP contribution in [-0.4, -0.2) is 85.3 Å². The van der Waals surface area contributed by atoms with Gasteiger partial charge < -0.3 is 36.6 Å². The van der Waals surface area contributed by atoms with Gasteiger partial charge in [0.25, 0.3) is 5.91 Å². The van der Waals surface area contributed by atoms with E-state index in [1.54, 1.807) is 0 Å². The number of nitrogens with zero attached hydrogens (tertiary/aromatic N) is 1. The van der Waals surface area contributed by atoms with E-state index in [9.17, 15) is 39.9 Å². The molecule has 40 heavy (non-hydrogen) atoms. The van der Waals surface area contributed by atoms with Crippen molar-refractivity contribution in [1.82, 2.24) is 10.2 Å². The predicted molar refractivity (Wildman–Crippen MR) is 144 cm³/mol. The summed E-state index contributed by atoms with van der Waals surface area (Å²) in [5.74, 6) is -8.05. The molecule has 0 aromatic heterocycles. The molecule has 216 valence electrons. The van der Waals surface area contributed by atoms with Gasteiger partial charge in [-0.05, 0) is 45.0 Å². The van der Waals surface area contributed by atoms with E-state index in [0.29, 0.717) is 19.3 Å². The third-order valence-electron chi connectivity index (χ3n) is 9.56. The van der Waals surface area contributed by atoms with Crippen LogP contribution in [0.1, 0.15) is 62.6 Å². The van der Waals surface area contributed by atoms with Crippen molar-refractivity contribution in [3.05, 3.63) is 46.2 Å². The second-order valence-corrected chi connectivity index (χ2v) is 11.8. The molecule has 0 spiro atoms. The van der Waals surface area contributed by atoms with E-state index in [0.717, 1.165) is 19.3 Å². The SMILES string of the molecule is CCC1(NC(=O)C2=C(O)[C@@]3(O)C(=O)C4=C(O)c5c(O)cccc5[C@H](N)[C@H]4[C@H](O)[C@H]3[C@H](N(C)C)C2=O)CCCCC1. The van der Waals surface area contributed by atoms with Crippen LogP contribution >= 0.6 is 0 Å². The first-order valence-corrected chi connectivity index (χ1v) is 13.8. The number of likely N-dealkylation sites (N-methyl/N-ethyl adjacent to an activating group) is 1. The summed E-state index contributed by atoms with van der Waals surface area (Å²) < 4.78 is 0. The summed E-state index contributed by atoms with van der Waals surface area (Å²) in [6.45, 7) is 1.92. The number of hydrogen-bond acceptors (Lipinski definition) is 10. The Morgan fingerprint density at radius 1 is 1.12 bits per heavy atom. The summed E-state index contributed by atoms with van der Waals surface area (Å²) in [6.07, 6.45) is 3.04. The van der Waals surface area contributed by atoms with Crippen LogP contribution in [0.3, 0.4) is 0 Å². The van der Waals surface area contributed by atoms with E-state index >= 15 is 0 Å². The first-order valence-electron chi connectivity index (χ1n) is 13.8. The Labute approximate surface area is 232 Å². The number of carbonyl (C=O) groups is 3. The van der Waals surface area contributed by atoms with E-state index in [2.05, 4.69) is 5.32 Å². The number of hydrogen-bond donors (Lipinski definition) is 7. The van der Waals surface area contributed by atoms with Gasteiger partial charge >= 0.3 is 0 Å². The van der Waals surface area contributed by atoms with Gasteiger partial charge in [-0.1, -0.05) is 38.3 Å². The number of fused-ring (bicyclic) bond motifs is 3. The Balaban J connectivity index is 1.70. The third kappa shape index (κ3) is 3.75. The lowest BCUT2D eigenvalue weighted by Gasteiger charge is -2.53. The lowest BCUT2D eigenvalue weighted by Crippen LogP contribution is -2.71. The molecule has 2 fully saturated rings. The van der Waals surface area contributed by atoms with Crippen molar-refractivity contribution >= 4 is 23.2 Å². The zero-order valence-corrected chi connectivity index (χ0v) is 22.8. The first-order chi connectivity index (χ1) is 18.8. The average molecular weight is 556 g/mol. The molecule has 1 aromatic carbocycles. The Bertz CT molecular complexity index is 1340. The fourth-order valence-electron chi connectivity index (χ4n) is 7.40. The fourth-order valence-corrected chi connectivity index (χ4v) is 7.40. The Morgan fingerprint density at radius 3 is 2.38 bits per heavy atom. The number of Topliss-reactive ketones (excluding diaryl/α,β-unsaturated/α-hetero) is 2. The molecule has 4 aliphatic rings. The highest BCUT2D eigenvalue weighted by atomic mass is 16.4. The zero-order chi connectivity index (χ0) is 29.3. The molecule has 1 amide bonds. The number of aliphatic hydroxyl groups excluding tert-OH is 3. The average Bonchev–Trinajstić information content (AvgIpc) is 2.91. The molecule has 8 N–H and O–H groups in total. The third-order valence-corrected chi connectivity index (χ3v) is 9.56. The summed E-state index contributed by atoms with van der Waals surface area (Å²) in [4.78, 5) is 43.0. The van der Waals surface area contributed by atoms with Crippen LogP contribution in [0, 0.1) is 11.8 Å². The Kier molecular flexibility index (Phi) is 6.85. The molecular weight excluding hydrogens is 518 g/mol. The van der Waals surface area contributed by atoms with Gasteiger partial charge in [0.15, 0.2) is 11.4 Å². The van der Waals surface area contributed by atoms with Gasteiger partial charge in [-0.25, -0.2) is 0 Å². The van der Waals surface area contributed by atoms with Crippen LogP contribution in [0.15, 0.2) is 35.1 Å². The monoisotopic (exact) mass is 555 g/mol. The number of carbonyl (C=O) groups excluding carboxylic acids is 3. The molecular formula is C29H37N3O8. The van der Waals surface area contributed by atoms with E-state index in [1.165, 1.54) is 37.2 Å². The molecule has 0 heterocycles. The van der Waals surface area contributed by atoms with Crippen molar-refractivity contribution in [3.8, 4) is 5.75 Å². The van der Waals surface area contributed by atoms with Crippen LogP contribution in [0.2, 0.25) is 0 Å². The maximum absolute atomic E-state index is 14.1. The van der Waals surface area contributed by atoms with Crippen LogP contribution < -0.4 is 11.1 Å². The molecule has 2 saturated carbocycles. The number of phenols is 1. The van der Waals surface area contributed by atoms with Crippen LogP contribution in [0.25, 0.3) is 5.76 Å². The quantitative estimate of drug-likeness (QED) is 0.265. The molecule has 5 rings (SSSR count). The van der Waals surface area contributed by atoms with Crippen molar-refractivity contribution < 1.29 is 39.9 Å². The van der Waals surface area contributed by atoms with Crippen LogP contribution in [0.5, 0.6) is 5.75 Å². The molecule has 11 nitrogen and oxygen atoms in total. The summed E-state index contributed by atoms with van der Waals surface area (Å²) in [5.41, 5.74) is 1.84. The standard InChI is InChI=1S/C29H37N3O8/c1-4-28(11-6-5-7-12-28)31-27(39)18-24(36)21(32(2)3)19-23(35)16-17(25(37)29(19,40)26(18)38)22(34)15-13(20(16)30)9-8-10-14(15)33/h8-10,16,19-21,23,33-35,38,40H,4-7,11-12,30H2,1-3H3,(H,31,39)/t16-,19+,20-,21-,23-,29-/m0/s1. The summed E-state index contributed by atoms with van der Waals surface area (Å²) in [5, 5.41) is 59.7. The summed E-state index contributed by atoms with van der Waals surface area (Å²) >= 11 is 0. The molecule has 4 aliphatic carbocycles. The minimum Gasteiger partial charge on any atom is -0.508 e. The Hall–Kier alpha value is -3.25. The number of ketones is 2. The second-order valence-electron chi connectivity index (χ2n) is 11.8. The van der Waals surface area contributed by atoms with Gasteiger partial charge in [-0.2, -0.15) is 0 Å². The number of amides is 1. The number of aromatic hydroxyl groups is 1. The lowest BCUT2D eigenvalue weighted by atomic mass is 9.55. The predicted octanol–water partition coefficient (Wildman–Crippen LogP) is 1.14. The molecule has 0 radical (unpaired) electrons. The largest absolute Gasteiger partial charge is 0.508 e. The van der Waals surface area contributed by atoms with E-state index in [4.69, 9.17) is 5.73 Å². The summed E-state index contributed by atoms with van der Waals surface area (Å²) in [7, 11) is 3.01. The lowest BCUT2D eigenvalue weighted by molar-refractivity contribution is -0.169. The molecule has 0 bridgehead atoms. The highest BCUT2D eigenvalue weighted by Gasteiger charge is 2.68. The fraction of sp³-hybridized carbons (Fsp3) is 0.552. The number of aliphatic hydroxyl groups is 4.